The largest absolute Gasteiger partial charge is 0.351 e. The molecular formula is C21H17ClN4O. The highest BCUT2D eigenvalue weighted by Crippen LogP contribution is 2.24. The Labute approximate surface area is 161 Å². The molecule has 0 saturated heterocycles. The summed E-state index contributed by atoms with van der Waals surface area (Å²) in [6.07, 6.45) is 2.63. The zero-order valence-corrected chi connectivity index (χ0v) is 15.3. The number of halogens is 1. The van der Waals surface area contributed by atoms with Gasteiger partial charge in [-0.2, -0.15) is 0 Å². The third-order valence-corrected chi connectivity index (χ3v) is 5.28. The van der Waals surface area contributed by atoms with E-state index in [1.54, 1.807) is 0 Å². The van der Waals surface area contributed by atoms with E-state index < -0.39 is 0 Å². The van der Waals surface area contributed by atoms with E-state index in [1.165, 1.54) is 5.69 Å². The monoisotopic (exact) mass is 376 g/mol. The molecule has 27 heavy (non-hydrogen) atoms. The summed E-state index contributed by atoms with van der Waals surface area (Å²) in [5.74, 6) is -0.0118. The molecule has 0 spiro atoms. The standard InChI is InChI=1S/C21H17ClN4O/c22-15-6-7-17-14(10-15)11-18(24-17)21(27)25-9-8-20-19(12-25)23-13-26(20)16-4-2-1-3-5-16/h1-7,10-11,13,24H,8-9,12H2. The molecule has 1 N–H and O–H groups in total. The number of benzene rings is 2. The molecule has 0 bridgehead atoms. The van der Waals surface area contributed by atoms with Crippen molar-refractivity contribution in [1.82, 2.24) is 19.4 Å². The first-order valence-electron chi connectivity index (χ1n) is 8.87. The van der Waals surface area contributed by atoms with Crippen LogP contribution in [-0.4, -0.2) is 31.9 Å². The van der Waals surface area contributed by atoms with Gasteiger partial charge >= 0.3 is 0 Å². The number of aromatic nitrogens is 3. The van der Waals surface area contributed by atoms with E-state index in [0.29, 0.717) is 23.8 Å². The summed E-state index contributed by atoms with van der Waals surface area (Å²) < 4.78 is 2.11. The minimum absolute atomic E-state index is 0.0118. The maximum atomic E-state index is 13.0. The Morgan fingerprint density at radius 1 is 1.11 bits per heavy atom. The third kappa shape index (κ3) is 2.80. The maximum absolute atomic E-state index is 13.0. The maximum Gasteiger partial charge on any atom is 0.270 e. The molecule has 0 fully saturated rings. The molecule has 1 amide bonds. The minimum Gasteiger partial charge on any atom is -0.351 e. The van der Waals surface area contributed by atoms with Crippen molar-refractivity contribution < 1.29 is 4.79 Å². The quantitative estimate of drug-likeness (QED) is 0.570. The summed E-state index contributed by atoms with van der Waals surface area (Å²) in [7, 11) is 0. The molecule has 5 rings (SSSR count). The van der Waals surface area contributed by atoms with Crippen LogP contribution in [0.1, 0.15) is 21.9 Å². The highest BCUT2D eigenvalue weighted by Gasteiger charge is 2.26. The molecule has 0 saturated carbocycles. The van der Waals surface area contributed by atoms with Crippen LogP contribution in [0.4, 0.5) is 0 Å². The zero-order chi connectivity index (χ0) is 18.4. The fraction of sp³-hybridized carbons (Fsp3) is 0.143. The summed E-state index contributed by atoms with van der Waals surface area (Å²) >= 11 is 6.05. The number of fused-ring (bicyclic) bond motifs is 2. The van der Waals surface area contributed by atoms with Crippen LogP contribution in [0.3, 0.4) is 0 Å². The Hall–Kier alpha value is -3.05. The van der Waals surface area contributed by atoms with Gasteiger partial charge in [-0.05, 0) is 36.4 Å². The molecule has 1 aliphatic rings. The van der Waals surface area contributed by atoms with Crippen LogP contribution in [-0.2, 0) is 13.0 Å². The Bertz CT molecular complexity index is 1150. The van der Waals surface area contributed by atoms with Crippen molar-refractivity contribution in [3.8, 4) is 5.69 Å². The minimum atomic E-state index is -0.0118. The van der Waals surface area contributed by atoms with E-state index >= 15 is 0 Å². The smallest absolute Gasteiger partial charge is 0.270 e. The van der Waals surface area contributed by atoms with Crippen molar-refractivity contribution in [2.75, 3.05) is 6.54 Å². The van der Waals surface area contributed by atoms with Gasteiger partial charge in [-0.15, -0.1) is 0 Å². The lowest BCUT2D eigenvalue weighted by molar-refractivity contribution is 0.0726. The molecule has 2 aromatic carbocycles. The summed E-state index contributed by atoms with van der Waals surface area (Å²) in [6.45, 7) is 1.19. The van der Waals surface area contributed by atoms with Crippen LogP contribution >= 0.6 is 11.6 Å². The summed E-state index contributed by atoms with van der Waals surface area (Å²) in [4.78, 5) is 22.6. The first-order chi connectivity index (χ1) is 13.2. The number of hydrogen-bond donors (Lipinski definition) is 1. The van der Waals surface area contributed by atoms with Crippen molar-refractivity contribution in [1.29, 1.82) is 0 Å². The van der Waals surface area contributed by atoms with E-state index in [1.807, 2.05) is 53.7 Å². The molecule has 0 aliphatic carbocycles. The molecule has 134 valence electrons. The summed E-state index contributed by atoms with van der Waals surface area (Å²) in [5, 5.41) is 1.60. The van der Waals surface area contributed by atoms with Gasteiger partial charge < -0.3 is 14.5 Å². The van der Waals surface area contributed by atoms with Gasteiger partial charge in [-0.1, -0.05) is 29.8 Å². The van der Waals surface area contributed by atoms with Gasteiger partial charge in [0.2, 0.25) is 0 Å². The van der Waals surface area contributed by atoms with Crippen LogP contribution < -0.4 is 0 Å². The van der Waals surface area contributed by atoms with Crippen LogP contribution in [0, 0.1) is 0 Å². The molecule has 0 atom stereocenters. The normalized spacial score (nSPS) is 13.7. The van der Waals surface area contributed by atoms with Gasteiger partial charge in [0.15, 0.2) is 0 Å². The molecule has 6 heteroatoms. The van der Waals surface area contributed by atoms with Crippen molar-refractivity contribution in [2.45, 2.75) is 13.0 Å². The number of para-hydroxylation sites is 1. The van der Waals surface area contributed by atoms with Crippen LogP contribution in [0.15, 0.2) is 60.9 Å². The number of amides is 1. The Kier molecular flexibility index (Phi) is 3.76. The van der Waals surface area contributed by atoms with E-state index in [0.717, 1.165) is 28.7 Å². The van der Waals surface area contributed by atoms with Crippen molar-refractivity contribution >= 4 is 28.4 Å². The van der Waals surface area contributed by atoms with Crippen LogP contribution in [0.5, 0.6) is 0 Å². The number of carbonyl (C=O) groups is 1. The first kappa shape index (κ1) is 16.1. The average molecular weight is 377 g/mol. The predicted molar refractivity (Wildman–Crippen MR) is 105 cm³/mol. The fourth-order valence-corrected chi connectivity index (χ4v) is 3.86. The highest BCUT2D eigenvalue weighted by molar-refractivity contribution is 6.31. The SMILES string of the molecule is O=C(c1cc2cc(Cl)ccc2[nH]1)N1CCc2c(ncn2-c2ccccc2)C1. The third-order valence-electron chi connectivity index (χ3n) is 5.05. The second-order valence-corrected chi connectivity index (χ2v) is 7.17. The van der Waals surface area contributed by atoms with Gasteiger partial charge in [-0.3, -0.25) is 4.79 Å². The van der Waals surface area contributed by atoms with Gasteiger partial charge in [0.05, 0.1) is 18.6 Å². The Balaban J connectivity index is 1.42. The lowest BCUT2D eigenvalue weighted by atomic mass is 10.1. The summed E-state index contributed by atoms with van der Waals surface area (Å²) in [5.41, 5.74) is 4.72. The van der Waals surface area contributed by atoms with Gasteiger partial charge in [0.1, 0.15) is 5.69 Å². The van der Waals surface area contributed by atoms with Gasteiger partial charge in [-0.25, -0.2) is 4.98 Å². The number of H-pyrrole nitrogens is 1. The number of nitrogens with one attached hydrogen (secondary N) is 1. The van der Waals surface area contributed by atoms with Crippen molar-refractivity contribution in [3.63, 3.8) is 0 Å². The molecule has 2 aromatic heterocycles. The number of carbonyl (C=O) groups excluding carboxylic acids is 1. The topological polar surface area (TPSA) is 53.9 Å². The van der Waals surface area contributed by atoms with Crippen molar-refractivity contribution in [3.05, 3.63) is 83.0 Å². The lowest BCUT2D eigenvalue weighted by Gasteiger charge is -2.26. The number of imidazole rings is 1. The first-order valence-corrected chi connectivity index (χ1v) is 9.25. The lowest BCUT2D eigenvalue weighted by Crippen LogP contribution is -2.36. The number of aromatic amines is 1. The highest BCUT2D eigenvalue weighted by atomic mass is 35.5. The fourth-order valence-electron chi connectivity index (χ4n) is 3.68. The van der Waals surface area contributed by atoms with Crippen LogP contribution in [0.2, 0.25) is 5.02 Å². The molecule has 0 unspecified atom stereocenters. The number of hydrogen-bond acceptors (Lipinski definition) is 2. The van der Waals surface area contributed by atoms with E-state index in [-0.39, 0.29) is 5.91 Å². The second-order valence-electron chi connectivity index (χ2n) is 6.73. The Morgan fingerprint density at radius 3 is 2.81 bits per heavy atom. The van der Waals surface area contributed by atoms with Crippen LogP contribution in [0.25, 0.3) is 16.6 Å². The second kappa shape index (κ2) is 6.28. The molecule has 4 aromatic rings. The van der Waals surface area contributed by atoms with Crippen molar-refractivity contribution in [2.24, 2.45) is 0 Å². The molecular weight excluding hydrogens is 360 g/mol. The average Bonchev–Trinajstić information content (AvgIpc) is 3.31. The predicted octanol–water partition coefficient (Wildman–Crippen LogP) is 4.21. The zero-order valence-electron chi connectivity index (χ0n) is 14.5. The van der Waals surface area contributed by atoms with E-state index in [9.17, 15) is 4.79 Å². The van der Waals surface area contributed by atoms with Gasteiger partial charge in [0.25, 0.3) is 5.91 Å². The molecule has 0 radical (unpaired) electrons. The number of nitrogens with zero attached hydrogens (tertiary/aromatic N) is 3. The molecule has 3 heterocycles. The van der Waals surface area contributed by atoms with E-state index in [4.69, 9.17) is 11.6 Å². The summed E-state index contributed by atoms with van der Waals surface area (Å²) in [6, 6.07) is 17.6. The van der Waals surface area contributed by atoms with E-state index in [2.05, 4.69) is 26.7 Å². The molecule has 1 aliphatic heterocycles. The molecule has 5 nitrogen and oxygen atoms in total. The van der Waals surface area contributed by atoms with Gasteiger partial charge in [0, 0.05) is 40.3 Å². The Morgan fingerprint density at radius 2 is 1.96 bits per heavy atom. The number of rotatable bonds is 2.